The molecule has 1 heteroatoms. The zero-order chi connectivity index (χ0) is 9.00. The summed E-state index contributed by atoms with van der Waals surface area (Å²) in [5, 5.41) is 0. The summed E-state index contributed by atoms with van der Waals surface area (Å²) in [4.78, 5) is 12.0. The largest absolute Gasteiger partial charge is 0.299 e. The molecule has 3 aliphatic carbocycles. The van der Waals surface area contributed by atoms with Gasteiger partial charge in [0, 0.05) is 11.8 Å². The summed E-state index contributed by atoms with van der Waals surface area (Å²) >= 11 is 0. The van der Waals surface area contributed by atoms with Gasteiger partial charge in [0.1, 0.15) is 5.78 Å². The molecule has 4 bridgehead atoms. The first-order valence-corrected chi connectivity index (χ1v) is 5.51. The molecule has 3 aliphatic rings. The third-order valence-corrected chi connectivity index (χ3v) is 4.47. The molecule has 0 spiro atoms. The highest BCUT2D eigenvalue weighted by Gasteiger charge is 2.50. The molecule has 0 saturated heterocycles. The summed E-state index contributed by atoms with van der Waals surface area (Å²) < 4.78 is 0. The second kappa shape index (κ2) is 2.46. The highest BCUT2D eigenvalue weighted by molar-refractivity contribution is 5.87. The van der Waals surface area contributed by atoms with Crippen LogP contribution in [0.3, 0.4) is 0 Å². The molecule has 0 aliphatic heterocycles. The lowest BCUT2D eigenvalue weighted by Gasteiger charge is -2.39. The van der Waals surface area contributed by atoms with Crippen LogP contribution in [0.15, 0.2) is 12.2 Å². The van der Waals surface area contributed by atoms with Crippen molar-refractivity contribution in [1.29, 1.82) is 0 Å². The molecule has 3 saturated carbocycles. The van der Waals surface area contributed by atoms with Crippen molar-refractivity contribution in [3.05, 3.63) is 12.2 Å². The fourth-order valence-electron chi connectivity index (χ4n) is 3.84. The van der Waals surface area contributed by atoms with Gasteiger partial charge < -0.3 is 0 Å². The van der Waals surface area contributed by atoms with Crippen LogP contribution in [0.4, 0.5) is 0 Å². The third kappa shape index (κ3) is 0.853. The van der Waals surface area contributed by atoms with E-state index in [0.717, 1.165) is 12.8 Å². The second-order valence-electron chi connectivity index (χ2n) is 4.91. The number of carbonyl (C=O) groups excluding carboxylic acids is 1. The van der Waals surface area contributed by atoms with Crippen LogP contribution in [0.5, 0.6) is 0 Å². The number of ketones is 1. The van der Waals surface area contributed by atoms with Crippen LogP contribution in [-0.2, 0) is 4.79 Å². The van der Waals surface area contributed by atoms with Crippen molar-refractivity contribution in [1.82, 2.24) is 0 Å². The van der Waals surface area contributed by atoms with Crippen LogP contribution in [-0.4, -0.2) is 5.78 Å². The van der Waals surface area contributed by atoms with E-state index in [4.69, 9.17) is 0 Å². The minimum absolute atomic E-state index is 0.380. The maximum Gasteiger partial charge on any atom is 0.140 e. The van der Waals surface area contributed by atoms with E-state index >= 15 is 0 Å². The van der Waals surface area contributed by atoms with Gasteiger partial charge in [-0.2, -0.15) is 0 Å². The highest BCUT2D eigenvalue weighted by Crippen LogP contribution is 2.54. The highest BCUT2D eigenvalue weighted by atomic mass is 16.1. The molecule has 0 amide bonds. The SMILES string of the molecule is C=C1[C@H]2CC[C@@H]1[C@H]1CCC[C@@H]2C1=O. The van der Waals surface area contributed by atoms with Crippen molar-refractivity contribution in [2.45, 2.75) is 32.1 Å². The normalized spacial score (nSPS) is 48.3. The van der Waals surface area contributed by atoms with E-state index in [1.165, 1.54) is 24.8 Å². The van der Waals surface area contributed by atoms with Gasteiger partial charge in [-0.1, -0.05) is 18.6 Å². The molecule has 0 aromatic carbocycles. The first kappa shape index (κ1) is 7.78. The molecule has 4 atom stereocenters. The predicted octanol–water partition coefficient (Wildman–Crippen LogP) is 2.57. The zero-order valence-corrected chi connectivity index (χ0v) is 7.96. The lowest BCUT2D eigenvalue weighted by Crippen LogP contribution is -2.40. The Balaban J connectivity index is 2.05. The van der Waals surface area contributed by atoms with E-state index in [0.29, 0.717) is 29.5 Å². The molecule has 13 heavy (non-hydrogen) atoms. The number of carbonyl (C=O) groups is 1. The number of rotatable bonds is 0. The molecule has 0 aromatic heterocycles. The minimum atomic E-state index is 0.380. The molecule has 3 fully saturated rings. The maximum atomic E-state index is 12.0. The molecule has 70 valence electrons. The van der Waals surface area contributed by atoms with E-state index < -0.39 is 0 Å². The van der Waals surface area contributed by atoms with Crippen molar-refractivity contribution in [2.75, 3.05) is 0 Å². The van der Waals surface area contributed by atoms with E-state index in [9.17, 15) is 4.79 Å². The van der Waals surface area contributed by atoms with Crippen LogP contribution < -0.4 is 0 Å². The zero-order valence-electron chi connectivity index (χ0n) is 7.96. The van der Waals surface area contributed by atoms with Gasteiger partial charge in [0.05, 0.1) is 0 Å². The molecule has 0 N–H and O–H groups in total. The molecule has 0 aromatic rings. The summed E-state index contributed by atoms with van der Waals surface area (Å²) in [7, 11) is 0. The number of hydrogen-bond donors (Lipinski definition) is 0. The molecule has 0 radical (unpaired) electrons. The number of fused-ring (bicyclic) bond motifs is 6. The average molecular weight is 176 g/mol. The summed E-state index contributed by atoms with van der Waals surface area (Å²) in [6, 6.07) is 0. The van der Waals surface area contributed by atoms with Crippen molar-refractivity contribution in [3.8, 4) is 0 Å². The van der Waals surface area contributed by atoms with Gasteiger partial charge in [-0.3, -0.25) is 4.79 Å². The topological polar surface area (TPSA) is 17.1 Å². The third-order valence-electron chi connectivity index (χ3n) is 4.47. The van der Waals surface area contributed by atoms with Gasteiger partial charge in [0.15, 0.2) is 0 Å². The quantitative estimate of drug-likeness (QED) is 0.518. The lowest BCUT2D eigenvalue weighted by molar-refractivity contribution is -0.133. The average Bonchev–Trinajstić information content (AvgIpc) is 2.46. The Labute approximate surface area is 79.2 Å². The fraction of sp³-hybridized carbons (Fsp3) is 0.750. The standard InChI is InChI=1S/C12H16O/c1-7-8-5-6-9(7)11-4-2-3-10(8)12(11)13/h8-11H,1-6H2/t8-,9+,10+,11-. The Morgan fingerprint density at radius 1 is 0.923 bits per heavy atom. The number of allylic oxidation sites excluding steroid dienone is 1. The molecule has 3 rings (SSSR count). The summed E-state index contributed by atoms with van der Waals surface area (Å²) in [6.45, 7) is 4.20. The van der Waals surface area contributed by atoms with Crippen LogP contribution >= 0.6 is 0 Å². The predicted molar refractivity (Wildman–Crippen MR) is 51.2 cm³/mol. The van der Waals surface area contributed by atoms with Crippen molar-refractivity contribution >= 4 is 5.78 Å². The molecular weight excluding hydrogens is 160 g/mol. The van der Waals surface area contributed by atoms with Gasteiger partial charge in [-0.05, 0) is 37.5 Å². The molecule has 0 heterocycles. The van der Waals surface area contributed by atoms with Crippen LogP contribution in [0, 0.1) is 23.7 Å². The Morgan fingerprint density at radius 2 is 1.46 bits per heavy atom. The van der Waals surface area contributed by atoms with Gasteiger partial charge in [-0.25, -0.2) is 0 Å². The van der Waals surface area contributed by atoms with Gasteiger partial charge in [-0.15, -0.1) is 0 Å². The summed E-state index contributed by atoms with van der Waals surface area (Å²) in [5.74, 6) is 2.50. The number of Topliss-reactive ketones (excluding diaryl/α,β-unsaturated/α-hetero) is 1. The molecule has 1 nitrogen and oxygen atoms in total. The van der Waals surface area contributed by atoms with Crippen LogP contribution in [0.2, 0.25) is 0 Å². The fourth-order valence-corrected chi connectivity index (χ4v) is 3.84. The maximum absolute atomic E-state index is 12.0. The van der Waals surface area contributed by atoms with Crippen molar-refractivity contribution in [2.24, 2.45) is 23.7 Å². The van der Waals surface area contributed by atoms with Crippen molar-refractivity contribution in [3.63, 3.8) is 0 Å². The van der Waals surface area contributed by atoms with Gasteiger partial charge in [0.2, 0.25) is 0 Å². The van der Waals surface area contributed by atoms with E-state index in [2.05, 4.69) is 6.58 Å². The Bertz CT molecular complexity index is 255. The Hall–Kier alpha value is -0.590. The minimum Gasteiger partial charge on any atom is -0.299 e. The number of hydrogen-bond acceptors (Lipinski definition) is 1. The summed E-state index contributed by atoms with van der Waals surface area (Å²) in [6.07, 6.45) is 6.06. The first-order valence-electron chi connectivity index (χ1n) is 5.51. The smallest absolute Gasteiger partial charge is 0.140 e. The van der Waals surface area contributed by atoms with Crippen molar-refractivity contribution < 1.29 is 4.79 Å². The lowest BCUT2D eigenvalue weighted by atomic mass is 9.63. The summed E-state index contributed by atoms with van der Waals surface area (Å²) in [5.41, 5.74) is 1.43. The second-order valence-corrected chi connectivity index (χ2v) is 4.91. The Morgan fingerprint density at radius 3 is 2.00 bits per heavy atom. The van der Waals surface area contributed by atoms with E-state index in [1.807, 2.05) is 0 Å². The molecular formula is C12H16O. The monoisotopic (exact) mass is 176 g/mol. The van der Waals surface area contributed by atoms with Crippen LogP contribution in [0.25, 0.3) is 0 Å². The van der Waals surface area contributed by atoms with E-state index in [-0.39, 0.29) is 0 Å². The molecule has 0 unspecified atom stereocenters. The van der Waals surface area contributed by atoms with Crippen LogP contribution in [0.1, 0.15) is 32.1 Å². The first-order chi connectivity index (χ1) is 6.29. The van der Waals surface area contributed by atoms with Gasteiger partial charge in [0.25, 0.3) is 0 Å². The van der Waals surface area contributed by atoms with E-state index in [1.54, 1.807) is 0 Å². The Kier molecular flexibility index (Phi) is 1.47. The van der Waals surface area contributed by atoms with Gasteiger partial charge >= 0.3 is 0 Å².